The van der Waals surface area contributed by atoms with Crippen LogP contribution in [0.5, 0.6) is 5.75 Å². The minimum atomic E-state index is -0.850. The molecule has 0 bridgehead atoms. The largest absolute Gasteiger partial charge is 0.489 e. The van der Waals surface area contributed by atoms with E-state index in [9.17, 15) is 9.90 Å². The van der Waals surface area contributed by atoms with Gasteiger partial charge in [-0.05, 0) is 73.6 Å². The van der Waals surface area contributed by atoms with Crippen molar-refractivity contribution in [1.29, 1.82) is 0 Å². The average Bonchev–Trinajstić information content (AvgIpc) is 2.95. The number of aliphatic hydroxyl groups excluding tert-OH is 1. The Labute approximate surface area is 167 Å². The van der Waals surface area contributed by atoms with Gasteiger partial charge in [-0.2, -0.15) is 0 Å². The summed E-state index contributed by atoms with van der Waals surface area (Å²) in [5.41, 5.74) is 2.36. The van der Waals surface area contributed by atoms with Gasteiger partial charge in [-0.3, -0.25) is 4.79 Å². The van der Waals surface area contributed by atoms with Crippen molar-refractivity contribution in [2.24, 2.45) is 11.3 Å². The number of benzene rings is 1. The van der Waals surface area contributed by atoms with E-state index >= 15 is 0 Å². The highest BCUT2D eigenvalue weighted by Crippen LogP contribution is 2.51. The molecule has 1 aromatic carbocycles. The first-order valence-electron chi connectivity index (χ1n) is 10.2. The summed E-state index contributed by atoms with van der Waals surface area (Å²) in [6.45, 7) is 4.46. The number of aliphatic carboxylic acids is 1. The Balaban J connectivity index is 1.64. The lowest BCUT2D eigenvalue weighted by molar-refractivity contribution is -0.137. The second-order valence-corrected chi connectivity index (χ2v) is 8.19. The standard InChI is InChI=1S/C24H30O4/c1-3-5-20(14-23(26)27)19-7-9-21(10-8-19)28-16-18-6-4-12-24(15-18)13-11-22(25)17(24)2/h7-10,15,17,20,22,25H,4,6,11-14,16H2,1-2H3,(H,26,27)/t17-,20-,22+,24+/m0/s1. The molecule has 1 aromatic rings. The van der Waals surface area contributed by atoms with Crippen molar-refractivity contribution < 1.29 is 19.7 Å². The van der Waals surface area contributed by atoms with Gasteiger partial charge < -0.3 is 14.9 Å². The van der Waals surface area contributed by atoms with Crippen LogP contribution in [-0.2, 0) is 4.79 Å². The number of rotatable bonds is 6. The molecule has 0 aliphatic heterocycles. The van der Waals surface area contributed by atoms with Gasteiger partial charge in [0.25, 0.3) is 0 Å². The number of allylic oxidation sites excluding steroid dienone is 1. The van der Waals surface area contributed by atoms with E-state index in [0.717, 1.165) is 43.4 Å². The molecule has 4 atom stereocenters. The Morgan fingerprint density at radius 1 is 1.32 bits per heavy atom. The molecule has 1 fully saturated rings. The van der Waals surface area contributed by atoms with Crippen LogP contribution in [0.2, 0.25) is 0 Å². The predicted molar refractivity (Wildman–Crippen MR) is 109 cm³/mol. The summed E-state index contributed by atoms with van der Waals surface area (Å²) in [4.78, 5) is 11.0. The number of aliphatic hydroxyl groups is 1. The molecule has 150 valence electrons. The van der Waals surface area contributed by atoms with Crippen molar-refractivity contribution in [3.8, 4) is 17.6 Å². The van der Waals surface area contributed by atoms with E-state index < -0.39 is 5.97 Å². The second-order valence-electron chi connectivity index (χ2n) is 8.19. The summed E-state index contributed by atoms with van der Waals surface area (Å²) in [5.74, 6) is 5.73. The predicted octanol–water partition coefficient (Wildman–Crippen LogP) is 4.53. The first kappa shape index (κ1) is 20.5. The van der Waals surface area contributed by atoms with Crippen LogP contribution in [0.1, 0.15) is 63.9 Å². The molecule has 4 nitrogen and oxygen atoms in total. The van der Waals surface area contributed by atoms with Crippen molar-refractivity contribution in [1.82, 2.24) is 0 Å². The summed E-state index contributed by atoms with van der Waals surface area (Å²) in [6.07, 6.45) is 7.52. The van der Waals surface area contributed by atoms with Crippen molar-refractivity contribution >= 4 is 5.97 Å². The SMILES string of the molecule is CC#C[C@@H](CC(=O)O)c1ccc(OCC2=C[C@@]3(CCC2)CC[C@@H](O)[C@@H]3C)cc1. The van der Waals surface area contributed by atoms with Crippen molar-refractivity contribution in [2.75, 3.05) is 6.61 Å². The third kappa shape index (κ3) is 4.59. The first-order valence-corrected chi connectivity index (χ1v) is 10.2. The molecule has 0 unspecified atom stereocenters. The molecule has 0 saturated heterocycles. The Kier molecular flexibility index (Phi) is 6.46. The van der Waals surface area contributed by atoms with E-state index in [-0.39, 0.29) is 23.9 Å². The molecule has 4 heteroatoms. The number of ether oxygens (including phenoxy) is 1. The third-order valence-corrected chi connectivity index (χ3v) is 6.43. The topological polar surface area (TPSA) is 66.8 Å². The van der Waals surface area contributed by atoms with E-state index in [2.05, 4.69) is 24.8 Å². The van der Waals surface area contributed by atoms with Gasteiger partial charge >= 0.3 is 5.97 Å². The van der Waals surface area contributed by atoms with Gasteiger partial charge in [-0.15, -0.1) is 5.92 Å². The molecule has 2 N–H and O–H groups in total. The summed E-state index contributed by atoms with van der Waals surface area (Å²) < 4.78 is 6.00. The van der Waals surface area contributed by atoms with Crippen molar-refractivity contribution in [3.63, 3.8) is 0 Å². The highest BCUT2D eigenvalue weighted by Gasteiger charge is 2.44. The van der Waals surface area contributed by atoms with Gasteiger partial charge in [0.2, 0.25) is 0 Å². The second kappa shape index (κ2) is 8.84. The zero-order valence-corrected chi connectivity index (χ0v) is 16.8. The maximum atomic E-state index is 11.0. The zero-order chi connectivity index (χ0) is 20.1. The quantitative estimate of drug-likeness (QED) is 0.560. The van der Waals surface area contributed by atoms with Crippen LogP contribution < -0.4 is 4.74 Å². The number of hydrogen-bond acceptors (Lipinski definition) is 3. The fourth-order valence-electron chi connectivity index (χ4n) is 4.72. The fraction of sp³-hybridized carbons (Fsp3) is 0.542. The minimum absolute atomic E-state index is 0.0000476. The summed E-state index contributed by atoms with van der Waals surface area (Å²) in [6, 6.07) is 7.59. The number of carboxylic acids is 1. The van der Waals surface area contributed by atoms with E-state index in [1.54, 1.807) is 6.92 Å². The fourth-order valence-corrected chi connectivity index (χ4v) is 4.72. The van der Waals surface area contributed by atoms with Gasteiger partial charge in [0.05, 0.1) is 18.4 Å². The third-order valence-electron chi connectivity index (χ3n) is 6.43. The Morgan fingerprint density at radius 3 is 2.68 bits per heavy atom. The van der Waals surface area contributed by atoms with Gasteiger partial charge in [0.1, 0.15) is 12.4 Å². The summed E-state index contributed by atoms with van der Waals surface area (Å²) in [7, 11) is 0. The molecule has 1 saturated carbocycles. The number of hydrogen-bond donors (Lipinski definition) is 2. The van der Waals surface area contributed by atoms with Gasteiger partial charge in [0.15, 0.2) is 0 Å². The van der Waals surface area contributed by atoms with E-state index in [1.807, 2.05) is 24.3 Å². The van der Waals surface area contributed by atoms with E-state index in [4.69, 9.17) is 9.84 Å². The lowest BCUT2D eigenvalue weighted by atomic mass is 9.70. The molecule has 0 aromatic heterocycles. The molecular weight excluding hydrogens is 352 g/mol. The molecule has 0 heterocycles. The van der Waals surface area contributed by atoms with Gasteiger partial charge in [-0.25, -0.2) is 0 Å². The van der Waals surface area contributed by atoms with Crippen molar-refractivity contribution in [2.45, 2.75) is 64.4 Å². The molecule has 2 aliphatic carbocycles. The van der Waals surface area contributed by atoms with Crippen LogP contribution in [0.3, 0.4) is 0 Å². The Bertz CT molecular complexity index is 783. The van der Waals surface area contributed by atoms with Crippen LogP contribution >= 0.6 is 0 Å². The van der Waals surface area contributed by atoms with Crippen LogP contribution in [0.25, 0.3) is 0 Å². The van der Waals surface area contributed by atoms with E-state index in [0.29, 0.717) is 12.5 Å². The maximum Gasteiger partial charge on any atom is 0.304 e. The molecule has 28 heavy (non-hydrogen) atoms. The molecule has 3 rings (SSSR count). The molecule has 1 spiro atoms. The number of carboxylic acid groups (broad SMARTS) is 1. The maximum absolute atomic E-state index is 11.0. The van der Waals surface area contributed by atoms with Crippen molar-refractivity contribution in [3.05, 3.63) is 41.5 Å². The Morgan fingerprint density at radius 2 is 2.07 bits per heavy atom. The lowest BCUT2D eigenvalue weighted by Gasteiger charge is -2.36. The molecule has 0 amide bonds. The minimum Gasteiger partial charge on any atom is -0.489 e. The van der Waals surface area contributed by atoms with Gasteiger partial charge in [-0.1, -0.05) is 31.1 Å². The zero-order valence-electron chi connectivity index (χ0n) is 16.8. The normalized spacial score (nSPS) is 27.6. The monoisotopic (exact) mass is 382 g/mol. The average molecular weight is 383 g/mol. The van der Waals surface area contributed by atoms with Crippen LogP contribution in [0.15, 0.2) is 35.9 Å². The lowest BCUT2D eigenvalue weighted by Crippen LogP contribution is -2.29. The Hall–Kier alpha value is -2.25. The van der Waals surface area contributed by atoms with Gasteiger partial charge in [0, 0.05) is 0 Å². The highest BCUT2D eigenvalue weighted by atomic mass is 16.5. The van der Waals surface area contributed by atoms with Crippen LogP contribution in [0.4, 0.5) is 0 Å². The molecule has 2 aliphatic rings. The highest BCUT2D eigenvalue weighted by molar-refractivity contribution is 5.69. The smallest absolute Gasteiger partial charge is 0.304 e. The summed E-state index contributed by atoms with van der Waals surface area (Å²) >= 11 is 0. The number of carbonyl (C=O) groups is 1. The van der Waals surface area contributed by atoms with Crippen LogP contribution in [0, 0.1) is 23.2 Å². The summed E-state index contributed by atoms with van der Waals surface area (Å²) in [5, 5.41) is 19.2. The van der Waals surface area contributed by atoms with E-state index in [1.165, 1.54) is 5.57 Å². The molecular formula is C24H30O4. The first-order chi connectivity index (χ1) is 13.4. The van der Waals surface area contributed by atoms with Crippen LogP contribution in [-0.4, -0.2) is 28.9 Å². The molecule has 0 radical (unpaired) electrons.